The van der Waals surface area contributed by atoms with E-state index in [2.05, 4.69) is 5.32 Å². The topological polar surface area (TPSA) is 126 Å². The Morgan fingerprint density at radius 3 is 2.74 bits per heavy atom. The quantitative estimate of drug-likeness (QED) is 0.254. The molecule has 1 amide bonds. The molecule has 0 radical (unpaired) electrons. The number of nitrogens with one attached hydrogen (secondary N) is 1. The summed E-state index contributed by atoms with van der Waals surface area (Å²) < 4.78 is 1.93. The van der Waals surface area contributed by atoms with Crippen LogP contribution in [0.25, 0.3) is 17.0 Å². The lowest BCUT2D eigenvalue weighted by Crippen LogP contribution is -2.30. The van der Waals surface area contributed by atoms with Crippen molar-refractivity contribution in [1.82, 2.24) is 14.4 Å². The van der Waals surface area contributed by atoms with Crippen LogP contribution < -0.4 is 16.5 Å². The summed E-state index contributed by atoms with van der Waals surface area (Å²) in [7, 11) is -1.51. The fraction of sp³-hybridized carbons (Fsp3) is 0.269. The summed E-state index contributed by atoms with van der Waals surface area (Å²) in [5.41, 5.74) is 12.2. The minimum atomic E-state index is -1.51. The van der Waals surface area contributed by atoms with Gasteiger partial charge in [-0.1, -0.05) is 30.7 Å². The minimum Gasteiger partial charge on any atom is -0.423 e. The van der Waals surface area contributed by atoms with Gasteiger partial charge in [0.15, 0.2) is 5.82 Å². The first-order chi connectivity index (χ1) is 16.9. The van der Waals surface area contributed by atoms with Gasteiger partial charge in [-0.3, -0.25) is 4.79 Å². The summed E-state index contributed by atoms with van der Waals surface area (Å²) in [6.07, 6.45) is 7.02. The third-order valence-corrected chi connectivity index (χ3v) is 6.62. The molecule has 178 valence electrons. The zero-order chi connectivity index (χ0) is 24.5. The highest BCUT2D eigenvalue weighted by molar-refractivity contribution is 6.58. The van der Waals surface area contributed by atoms with E-state index in [1.54, 1.807) is 24.3 Å². The number of hydrogen-bond acceptors (Lipinski definition) is 6. The van der Waals surface area contributed by atoms with Crippen LogP contribution in [-0.2, 0) is 19.4 Å². The molecular weight excluding hydrogens is 441 g/mol. The second-order valence-corrected chi connectivity index (χ2v) is 9.07. The van der Waals surface area contributed by atoms with Crippen LogP contribution in [0.15, 0.2) is 48.7 Å². The minimum absolute atomic E-state index is 0.451. The first kappa shape index (κ1) is 23.1. The maximum atomic E-state index is 12.0. The molecule has 1 aliphatic rings. The molecule has 0 unspecified atom stereocenters. The lowest BCUT2D eigenvalue weighted by atomic mass is 9.79. The number of aryl methyl sites for hydroxylation is 2. The van der Waals surface area contributed by atoms with Crippen LogP contribution in [0.3, 0.4) is 0 Å². The van der Waals surface area contributed by atoms with Gasteiger partial charge in [0.1, 0.15) is 5.82 Å². The molecule has 0 atom stereocenters. The predicted octanol–water partition coefficient (Wildman–Crippen LogP) is 2.36. The molecule has 0 fully saturated rings. The van der Waals surface area contributed by atoms with Gasteiger partial charge >= 0.3 is 7.12 Å². The number of aromatic nitrogens is 3. The van der Waals surface area contributed by atoms with Crippen LogP contribution in [0.5, 0.6) is 0 Å². The largest absolute Gasteiger partial charge is 0.488 e. The van der Waals surface area contributed by atoms with Crippen LogP contribution in [0.2, 0.25) is 0 Å². The number of primary amides is 1. The van der Waals surface area contributed by atoms with Crippen molar-refractivity contribution in [2.75, 3.05) is 5.32 Å². The lowest BCUT2D eigenvalue weighted by Gasteiger charge is -2.16. The van der Waals surface area contributed by atoms with Gasteiger partial charge in [-0.2, -0.15) is 0 Å². The van der Waals surface area contributed by atoms with Gasteiger partial charge < -0.3 is 25.5 Å². The molecule has 5 N–H and O–H groups in total. The molecule has 3 aromatic heterocycles. The SMILES string of the molecule is Cc1cc2c(C(N)=O)cccn2c1-c1nc2c(c(NCc3cccc(B(O)O)c3)n1)CCCCC2. The van der Waals surface area contributed by atoms with Gasteiger partial charge in [0.25, 0.3) is 5.91 Å². The van der Waals surface area contributed by atoms with Crippen molar-refractivity contribution in [3.63, 3.8) is 0 Å². The normalized spacial score (nSPS) is 13.3. The predicted molar refractivity (Wildman–Crippen MR) is 137 cm³/mol. The molecule has 9 heteroatoms. The number of nitrogens with zero attached hydrogens (tertiary/aromatic N) is 3. The van der Waals surface area contributed by atoms with Gasteiger partial charge in [0.05, 0.1) is 16.8 Å². The monoisotopic (exact) mass is 469 g/mol. The number of amides is 1. The van der Waals surface area contributed by atoms with Crippen molar-refractivity contribution in [1.29, 1.82) is 0 Å². The first-order valence-corrected chi connectivity index (χ1v) is 11.9. The summed E-state index contributed by atoms with van der Waals surface area (Å²) >= 11 is 0. The van der Waals surface area contributed by atoms with Gasteiger partial charge in [-0.05, 0) is 67.4 Å². The van der Waals surface area contributed by atoms with Crippen molar-refractivity contribution in [2.45, 2.75) is 45.6 Å². The summed E-state index contributed by atoms with van der Waals surface area (Å²) in [5, 5.41) is 22.5. The average molecular weight is 469 g/mol. The third-order valence-electron chi connectivity index (χ3n) is 6.62. The molecule has 35 heavy (non-hydrogen) atoms. The molecule has 8 nitrogen and oxygen atoms in total. The molecule has 1 aromatic carbocycles. The molecule has 0 saturated heterocycles. The van der Waals surface area contributed by atoms with Crippen LogP contribution >= 0.6 is 0 Å². The lowest BCUT2D eigenvalue weighted by molar-refractivity contribution is 0.100. The summed E-state index contributed by atoms with van der Waals surface area (Å²) in [6, 6.07) is 12.7. The highest BCUT2D eigenvalue weighted by Gasteiger charge is 2.21. The number of carbonyl (C=O) groups is 1. The van der Waals surface area contributed by atoms with Gasteiger partial charge in [0.2, 0.25) is 0 Å². The smallest absolute Gasteiger partial charge is 0.423 e. The van der Waals surface area contributed by atoms with Crippen LogP contribution in [-0.4, -0.2) is 37.4 Å². The molecular formula is C26H28BN5O3. The second kappa shape index (κ2) is 9.52. The van der Waals surface area contributed by atoms with E-state index in [4.69, 9.17) is 15.7 Å². The summed E-state index contributed by atoms with van der Waals surface area (Å²) in [5.74, 6) is 0.925. The molecule has 1 aliphatic carbocycles. The zero-order valence-electron chi connectivity index (χ0n) is 19.7. The van der Waals surface area contributed by atoms with E-state index in [1.807, 2.05) is 35.7 Å². The molecule has 3 heterocycles. The van der Waals surface area contributed by atoms with E-state index in [9.17, 15) is 14.8 Å². The van der Waals surface area contributed by atoms with E-state index in [-0.39, 0.29) is 0 Å². The highest BCUT2D eigenvalue weighted by atomic mass is 16.4. The Labute approximate surface area is 204 Å². The number of anilines is 1. The van der Waals surface area contributed by atoms with Crippen molar-refractivity contribution < 1.29 is 14.8 Å². The zero-order valence-corrected chi connectivity index (χ0v) is 19.7. The standard InChI is InChI=1S/C26H28BN5O3/c1-16-13-22-20(24(28)33)10-6-12-32(22)23(16)26-30-21-11-4-2-3-9-19(21)25(31-26)29-15-17-7-5-8-18(14-17)27(34)35/h5-8,10,12-14,34-35H,2-4,9,11,15H2,1H3,(H2,28,33)(H,29,30,31). The molecule has 0 spiro atoms. The first-order valence-electron chi connectivity index (χ1n) is 11.9. The summed E-state index contributed by atoms with van der Waals surface area (Å²) in [4.78, 5) is 21.9. The Balaban J connectivity index is 1.59. The van der Waals surface area contributed by atoms with Crippen molar-refractivity contribution >= 4 is 29.8 Å². The van der Waals surface area contributed by atoms with Gasteiger partial charge in [0, 0.05) is 24.0 Å². The van der Waals surface area contributed by atoms with Gasteiger partial charge in [-0.25, -0.2) is 9.97 Å². The summed E-state index contributed by atoms with van der Waals surface area (Å²) in [6.45, 7) is 2.48. The average Bonchev–Trinajstić information content (AvgIpc) is 3.00. The fourth-order valence-electron chi connectivity index (χ4n) is 4.89. The number of pyridine rings is 1. The Kier molecular flexibility index (Phi) is 6.28. The van der Waals surface area contributed by atoms with Crippen LogP contribution in [0.1, 0.15) is 52.0 Å². The molecule has 0 bridgehead atoms. The van der Waals surface area contributed by atoms with E-state index in [1.165, 1.54) is 0 Å². The Morgan fingerprint density at radius 1 is 1.11 bits per heavy atom. The number of benzene rings is 1. The number of fused-ring (bicyclic) bond motifs is 2. The van der Waals surface area contributed by atoms with Crippen molar-refractivity contribution in [2.24, 2.45) is 5.73 Å². The van der Waals surface area contributed by atoms with E-state index in [0.29, 0.717) is 23.4 Å². The molecule has 0 saturated carbocycles. The van der Waals surface area contributed by atoms with Crippen LogP contribution in [0, 0.1) is 6.92 Å². The van der Waals surface area contributed by atoms with Crippen LogP contribution in [0.4, 0.5) is 5.82 Å². The molecule has 4 aromatic rings. The highest BCUT2D eigenvalue weighted by Crippen LogP contribution is 2.31. The molecule has 5 rings (SSSR count). The van der Waals surface area contributed by atoms with E-state index >= 15 is 0 Å². The fourth-order valence-corrected chi connectivity index (χ4v) is 4.89. The number of hydrogen-bond donors (Lipinski definition) is 4. The number of carbonyl (C=O) groups excluding carboxylic acids is 1. The second-order valence-electron chi connectivity index (χ2n) is 9.07. The number of nitrogens with two attached hydrogens (primary N) is 1. The third kappa shape index (κ3) is 4.52. The Morgan fingerprint density at radius 2 is 1.94 bits per heavy atom. The maximum Gasteiger partial charge on any atom is 0.488 e. The van der Waals surface area contributed by atoms with E-state index < -0.39 is 13.0 Å². The van der Waals surface area contributed by atoms with E-state index in [0.717, 1.165) is 71.5 Å². The Hall–Kier alpha value is -3.69. The number of rotatable bonds is 6. The van der Waals surface area contributed by atoms with Crippen molar-refractivity contribution in [3.8, 4) is 11.5 Å². The van der Waals surface area contributed by atoms with Gasteiger partial charge in [-0.15, -0.1) is 0 Å². The molecule has 0 aliphatic heterocycles. The van der Waals surface area contributed by atoms with Crippen molar-refractivity contribution in [3.05, 3.63) is 76.6 Å². The Bertz CT molecular complexity index is 1420. The maximum absolute atomic E-state index is 12.0.